The van der Waals surface area contributed by atoms with E-state index < -0.39 is 0 Å². The van der Waals surface area contributed by atoms with Crippen molar-refractivity contribution in [2.75, 3.05) is 37.8 Å². The van der Waals surface area contributed by atoms with Crippen molar-refractivity contribution < 1.29 is 0 Å². The molecule has 0 aromatic carbocycles. The molecule has 0 radical (unpaired) electrons. The van der Waals surface area contributed by atoms with Gasteiger partial charge in [-0.1, -0.05) is 18.2 Å². The molecule has 2 aliphatic carbocycles. The summed E-state index contributed by atoms with van der Waals surface area (Å²) < 4.78 is 0. The molecule has 24 heavy (non-hydrogen) atoms. The summed E-state index contributed by atoms with van der Waals surface area (Å²) in [4.78, 5) is 14.0. The second kappa shape index (κ2) is 6.20. The van der Waals surface area contributed by atoms with E-state index in [0.717, 1.165) is 30.7 Å². The number of rotatable bonds is 2. The highest BCUT2D eigenvalue weighted by atomic mass is 15.3. The van der Waals surface area contributed by atoms with Gasteiger partial charge in [0.1, 0.15) is 5.82 Å². The van der Waals surface area contributed by atoms with Crippen LogP contribution in [0.4, 0.5) is 11.8 Å². The van der Waals surface area contributed by atoms with Crippen LogP contribution in [0.1, 0.15) is 32.1 Å². The largest absolute Gasteiger partial charge is 0.368 e. The third-order valence-electron chi connectivity index (χ3n) is 5.69. The minimum Gasteiger partial charge on any atom is -0.368 e. The van der Waals surface area contributed by atoms with Crippen molar-refractivity contribution in [2.24, 2.45) is 5.92 Å². The van der Waals surface area contributed by atoms with E-state index in [1.807, 2.05) is 0 Å². The number of anilines is 2. The first-order valence-corrected chi connectivity index (χ1v) is 9.09. The van der Waals surface area contributed by atoms with Crippen molar-refractivity contribution >= 4 is 23.4 Å². The molecule has 0 saturated carbocycles. The molecule has 5 nitrogen and oxygen atoms in total. The van der Waals surface area contributed by atoms with E-state index in [2.05, 4.69) is 52.1 Å². The van der Waals surface area contributed by atoms with Gasteiger partial charge in [-0.2, -0.15) is 4.98 Å². The summed E-state index contributed by atoms with van der Waals surface area (Å²) in [5.41, 5.74) is 7.47. The van der Waals surface area contributed by atoms with E-state index in [9.17, 15) is 0 Å². The maximum Gasteiger partial charge on any atom is 0.222 e. The van der Waals surface area contributed by atoms with Gasteiger partial charge in [0, 0.05) is 24.4 Å². The Labute approximate surface area is 143 Å². The Bertz CT molecular complexity index is 780. The van der Waals surface area contributed by atoms with Crippen molar-refractivity contribution in [1.29, 1.82) is 0 Å². The summed E-state index contributed by atoms with van der Waals surface area (Å²) in [6, 6.07) is 0.581. The van der Waals surface area contributed by atoms with Gasteiger partial charge in [0.15, 0.2) is 0 Å². The average Bonchev–Trinajstić information content (AvgIpc) is 2.99. The molecule has 2 atom stereocenters. The molecular formula is C19H27N5. The van der Waals surface area contributed by atoms with E-state index in [1.165, 1.54) is 36.5 Å². The number of likely N-dealkylation sites (N-methyl/N-ethyl adjacent to an activating group) is 1. The monoisotopic (exact) mass is 325 g/mol. The lowest BCUT2D eigenvalue weighted by Crippen LogP contribution is -2.40. The number of nitrogens with zero attached hydrogens (tertiary/aromatic N) is 4. The van der Waals surface area contributed by atoms with Gasteiger partial charge in [0.2, 0.25) is 5.95 Å². The standard InChI is InChI=1S/C19H27N5/c1-23(2)14-10-11-24(12-14)18-16-9-5-7-13-6-3-4-8-15(13)17(16)21-19(20)22-18/h4,8-9,13-14H,3,5-7,10-12H2,1-2H3,(H2,20,21)/t13?,14-/m1/s1. The Balaban J connectivity index is 1.86. The van der Waals surface area contributed by atoms with Crippen molar-refractivity contribution in [3.8, 4) is 0 Å². The maximum atomic E-state index is 6.11. The molecule has 1 unspecified atom stereocenters. The van der Waals surface area contributed by atoms with Gasteiger partial charge in [-0.15, -0.1) is 0 Å². The lowest BCUT2D eigenvalue weighted by molar-refractivity contribution is 0.315. The number of aromatic nitrogens is 2. The fraction of sp³-hybridized carbons (Fsp3) is 0.579. The molecule has 2 heterocycles. The van der Waals surface area contributed by atoms with Gasteiger partial charge in [-0.3, -0.25) is 0 Å². The number of hydrogen-bond donors (Lipinski definition) is 1. The molecule has 4 rings (SSSR count). The normalized spacial score (nSPS) is 26.1. The second-order valence-electron chi connectivity index (χ2n) is 7.43. The van der Waals surface area contributed by atoms with Crippen LogP contribution in [-0.2, 0) is 0 Å². The fourth-order valence-corrected chi connectivity index (χ4v) is 4.28. The molecule has 1 aromatic heterocycles. The van der Waals surface area contributed by atoms with Crippen LogP contribution >= 0.6 is 0 Å². The number of hydrogen-bond acceptors (Lipinski definition) is 5. The van der Waals surface area contributed by atoms with E-state index in [1.54, 1.807) is 0 Å². The molecule has 5 heteroatoms. The van der Waals surface area contributed by atoms with Crippen LogP contribution in [0, 0.1) is 5.92 Å². The topological polar surface area (TPSA) is 58.3 Å². The summed E-state index contributed by atoms with van der Waals surface area (Å²) in [6.07, 6.45) is 12.8. The molecule has 3 aliphatic rings. The highest BCUT2D eigenvalue weighted by molar-refractivity contribution is 5.63. The van der Waals surface area contributed by atoms with E-state index in [4.69, 9.17) is 5.73 Å². The second-order valence-corrected chi connectivity index (χ2v) is 7.43. The minimum atomic E-state index is 0.401. The first-order chi connectivity index (χ1) is 11.6. The summed E-state index contributed by atoms with van der Waals surface area (Å²) >= 11 is 0. The molecule has 0 spiro atoms. The molecule has 128 valence electrons. The van der Waals surface area contributed by atoms with Crippen LogP contribution in [0.25, 0.3) is 11.6 Å². The van der Waals surface area contributed by atoms with E-state index >= 15 is 0 Å². The lowest BCUT2D eigenvalue weighted by atomic mass is 9.86. The molecule has 0 amide bonds. The van der Waals surface area contributed by atoms with E-state index in [0.29, 0.717) is 17.9 Å². The van der Waals surface area contributed by atoms with Gasteiger partial charge in [-0.05, 0) is 57.7 Å². The Morgan fingerprint density at radius 3 is 2.79 bits per heavy atom. The summed E-state index contributed by atoms with van der Waals surface area (Å²) in [7, 11) is 4.31. The van der Waals surface area contributed by atoms with Crippen molar-refractivity contribution in [3.63, 3.8) is 0 Å². The van der Waals surface area contributed by atoms with Gasteiger partial charge in [0.25, 0.3) is 0 Å². The molecule has 1 aliphatic heterocycles. The van der Waals surface area contributed by atoms with Crippen LogP contribution in [0.5, 0.6) is 0 Å². The van der Waals surface area contributed by atoms with Gasteiger partial charge in [-0.25, -0.2) is 4.98 Å². The number of nitrogen functional groups attached to an aromatic ring is 1. The predicted molar refractivity (Wildman–Crippen MR) is 99.0 cm³/mol. The molecule has 1 saturated heterocycles. The van der Waals surface area contributed by atoms with Crippen LogP contribution in [0.3, 0.4) is 0 Å². The van der Waals surface area contributed by atoms with Gasteiger partial charge >= 0.3 is 0 Å². The summed E-state index contributed by atoms with van der Waals surface area (Å²) in [6.45, 7) is 2.05. The molecule has 1 fully saturated rings. The summed E-state index contributed by atoms with van der Waals surface area (Å²) in [5, 5.41) is 2.27. The number of allylic oxidation sites excluding steroid dienone is 2. The SMILES string of the molecule is CN(C)[C@@H]1CCN(c2nc(N)nc3c2=CCCC2CCC=CC=32)C1. The lowest BCUT2D eigenvalue weighted by Gasteiger charge is -2.22. The zero-order chi connectivity index (χ0) is 16.7. The third-order valence-corrected chi connectivity index (χ3v) is 5.69. The first-order valence-electron chi connectivity index (χ1n) is 9.09. The Morgan fingerprint density at radius 1 is 1.17 bits per heavy atom. The van der Waals surface area contributed by atoms with Gasteiger partial charge in [0.05, 0.1) is 5.35 Å². The quantitative estimate of drug-likeness (QED) is 0.875. The highest BCUT2D eigenvalue weighted by Crippen LogP contribution is 2.29. The number of fused-ring (bicyclic) bond motifs is 2. The van der Waals surface area contributed by atoms with Crippen LogP contribution in [0.2, 0.25) is 0 Å². The smallest absolute Gasteiger partial charge is 0.222 e. The van der Waals surface area contributed by atoms with Gasteiger partial charge < -0.3 is 15.5 Å². The van der Waals surface area contributed by atoms with Crippen LogP contribution < -0.4 is 21.2 Å². The van der Waals surface area contributed by atoms with Crippen molar-refractivity contribution in [1.82, 2.24) is 14.9 Å². The fourth-order valence-electron chi connectivity index (χ4n) is 4.28. The predicted octanol–water partition coefficient (Wildman–Crippen LogP) is 0.890. The van der Waals surface area contributed by atoms with Crippen molar-refractivity contribution in [3.05, 3.63) is 22.7 Å². The molecular weight excluding hydrogens is 298 g/mol. The summed E-state index contributed by atoms with van der Waals surface area (Å²) in [5.74, 6) is 2.05. The Kier molecular flexibility index (Phi) is 4.04. The average molecular weight is 325 g/mol. The Hall–Kier alpha value is -1.88. The van der Waals surface area contributed by atoms with Crippen LogP contribution in [-0.4, -0.2) is 48.1 Å². The first kappa shape index (κ1) is 15.6. The maximum absolute atomic E-state index is 6.11. The minimum absolute atomic E-state index is 0.401. The third kappa shape index (κ3) is 2.71. The molecule has 2 N–H and O–H groups in total. The van der Waals surface area contributed by atoms with E-state index in [-0.39, 0.29) is 0 Å². The molecule has 1 aromatic rings. The molecule has 0 bridgehead atoms. The van der Waals surface area contributed by atoms with Crippen LogP contribution in [0.15, 0.2) is 12.2 Å². The zero-order valence-corrected chi connectivity index (χ0v) is 14.7. The Morgan fingerprint density at radius 2 is 2.00 bits per heavy atom. The number of nitrogens with two attached hydrogens (primary N) is 1. The highest BCUT2D eigenvalue weighted by Gasteiger charge is 2.27. The van der Waals surface area contributed by atoms with Crippen molar-refractivity contribution in [2.45, 2.75) is 38.1 Å². The zero-order valence-electron chi connectivity index (χ0n) is 14.7.